The van der Waals surface area contributed by atoms with E-state index in [2.05, 4.69) is 10.6 Å². The second-order valence-corrected chi connectivity index (χ2v) is 5.32. The molecule has 7 nitrogen and oxygen atoms in total. The summed E-state index contributed by atoms with van der Waals surface area (Å²) in [5, 5.41) is 5.32. The molecule has 0 aromatic heterocycles. The summed E-state index contributed by atoms with van der Waals surface area (Å²) >= 11 is 0. The average Bonchev–Trinajstić information content (AvgIpc) is 2.58. The zero-order chi connectivity index (χ0) is 17.7. The van der Waals surface area contributed by atoms with E-state index >= 15 is 0 Å². The number of methoxy groups -OCH3 is 2. The quantitative estimate of drug-likeness (QED) is 0.780. The van der Waals surface area contributed by atoms with Gasteiger partial charge in [-0.25, -0.2) is 9.59 Å². The van der Waals surface area contributed by atoms with Gasteiger partial charge in [0.2, 0.25) is 0 Å². The first-order chi connectivity index (χ1) is 11.5. The van der Waals surface area contributed by atoms with Gasteiger partial charge in [0.1, 0.15) is 0 Å². The molecule has 1 aromatic carbocycles. The molecule has 2 amide bonds. The average molecular weight is 334 g/mol. The predicted molar refractivity (Wildman–Crippen MR) is 87.9 cm³/mol. The van der Waals surface area contributed by atoms with Gasteiger partial charge in [0.05, 0.1) is 32.4 Å². The van der Waals surface area contributed by atoms with Crippen molar-refractivity contribution in [2.24, 2.45) is 0 Å². The molecule has 0 fully saturated rings. The zero-order valence-corrected chi connectivity index (χ0v) is 14.3. The lowest BCUT2D eigenvalue weighted by Gasteiger charge is -2.28. The van der Waals surface area contributed by atoms with Crippen LogP contribution in [0.5, 0.6) is 11.5 Å². The van der Waals surface area contributed by atoms with Crippen molar-refractivity contribution in [3.8, 4) is 11.5 Å². The molecule has 1 aliphatic rings. The van der Waals surface area contributed by atoms with Crippen molar-refractivity contribution in [3.05, 3.63) is 35.0 Å². The van der Waals surface area contributed by atoms with Crippen molar-refractivity contribution in [2.45, 2.75) is 26.3 Å². The van der Waals surface area contributed by atoms with Crippen LogP contribution in [0.1, 0.15) is 31.9 Å². The fourth-order valence-corrected chi connectivity index (χ4v) is 2.52. The number of benzene rings is 1. The minimum absolute atomic E-state index is 0.348. The summed E-state index contributed by atoms with van der Waals surface area (Å²) < 4.78 is 15.8. The van der Waals surface area contributed by atoms with E-state index in [9.17, 15) is 9.59 Å². The van der Waals surface area contributed by atoms with Gasteiger partial charge in [-0.15, -0.1) is 0 Å². The van der Waals surface area contributed by atoms with E-state index in [0.29, 0.717) is 34.9 Å². The zero-order valence-electron chi connectivity index (χ0n) is 14.3. The summed E-state index contributed by atoms with van der Waals surface area (Å²) in [5.41, 5.74) is 1.51. The molecular weight excluding hydrogens is 312 g/mol. The third kappa shape index (κ3) is 3.61. The van der Waals surface area contributed by atoms with Crippen molar-refractivity contribution in [1.29, 1.82) is 0 Å². The first kappa shape index (κ1) is 17.7. The highest BCUT2D eigenvalue weighted by Crippen LogP contribution is 2.34. The number of hydrogen-bond acceptors (Lipinski definition) is 5. The van der Waals surface area contributed by atoms with Crippen LogP contribution in [0, 0.1) is 0 Å². The van der Waals surface area contributed by atoms with Crippen molar-refractivity contribution >= 4 is 12.0 Å². The molecule has 0 aliphatic carbocycles. The summed E-state index contributed by atoms with van der Waals surface area (Å²) in [6.07, 6.45) is 0.879. The van der Waals surface area contributed by atoms with Gasteiger partial charge in [-0.05, 0) is 31.0 Å². The minimum Gasteiger partial charge on any atom is -0.493 e. The Labute approximate surface area is 141 Å². The molecule has 24 heavy (non-hydrogen) atoms. The molecule has 0 unspecified atom stereocenters. The van der Waals surface area contributed by atoms with Crippen molar-refractivity contribution in [3.63, 3.8) is 0 Å². The molecule has 130 valence electrons. The summed E-state index contributed by atoms with van der Waals surface area (Å²) in [6.45, 7) is 4.25. The molecule has 2 N–H and O–H groups in total. The van der Waals surface area contributed by atoms with E-state index in [-0.39, 0.29) is 6.03 Å². The first-order valence-corrected chi connectivity index (χ1v) is 7.69. The van der Waals surface area contributed by atoms with E-state index in [4.69, 9.17) is 14.2 Å². The summed E-state index contributed by atoms with van der Waals surface area (Å²) in [5.74, 6) is 0.648. The Bertz CT molecular complexity index is 669. The van der Waals surface area contributed by atoms with Crippen LogP contribution in [0.15, 0.2) is 29.5 Å². The molecule has 0 bridgehead atoms. The van der Waals surface area contributed by atoms with Gasteiger partial charge >= 0.3 is 12.0 Å². The topological polar surface area (TPSA) is 85.9 Å². The second-order valence-electron chi connectivity index (χ2n) is 5.32. The van der Waals surface area contributed by atoms with E-state index in [1.807, 2.05) is 6.92 Å². The molecule has 0 spiro atoms. The Kier molecular flexibility index (Phi) is 5.68. The fraction of sp³-hybridized carbons (Fsp3) is 0.412. The number of urea groups is 1. The molecule has 1 atom stereocenters. The lowest BCUT2D eigenvalue weighted by Crippen LogP contribution is -2.45. The first-order valence-electron chi connectivity index (χ1n) is 7.69. The Balaban J connectivity index is 2.42. The van der Waals surface area contributed by atoms with Crippen LogP contribution < -0.4 is 20.1 Å². The molecule has 0 saturated heterocycles. The maximum atomic E-state index is 12.1. The van der Waals surface area contributed by atoms with Gasteiger partial charge in [0.25, 0.3) is 0 Å². The van der Waals surface area contributed by atoms with Crippen molar-refractivity contribution in [2.75, 3.05) is 20.8 Å². The van der Waals surface area contributed by atoms with E-state index in [1.54, 1.807) is 32.2 Å². The predicted octanol–water partition coefficient (Wildman–Crippen LogP) is 2.28. The standard InChI is InChI=1S/C17H22N2O5/c1-5-8-24-12-7-6-11(9-13(12)22-3)15-14(16(20)23-4)10(2)18-17(21)19-15/h6-7,9,15H,5,8H2,1-4H3,(H2,18,19,21)/t15-/m0/s1. The highest BCUT2D eigenvalue weighted by atomic mass is 16.5. The normalized spacial score (nSPS) is 17.0. The molecule has 1 aromatic rings. The van der Waals surface area contributed by atoms with Crippen LogP contribution in [0.2, 0.25) is 0 Å². The number of esters is 1. The molecular formula is C17H22N2O5. The number of nitrogens with one attached hydrogen (secondary N) is 2. The Morgan fingerprint density at radius 1 is 1.25 bits per heavy atom. The Morgan fingerprint density at radius 2 is 2.00 bits per heavy atom. The molecule has 7 heteroatoms. The number of allylic oxidation sites excluding steroid dienone is 1. The van der Waals surface area contributed by atoms with Gasteiger partial charge in [-0.3, -0.25) is 0 Å². The van der Waals surface area contributed by atoms with Crippen LogP contribution in [-0.2, 0) is 9.53 Å². The number of carbonyl (C=O) groups excluding carboxylic acids is 2. The van der Waals surface area contributed by atoms with Crippen molar-refractivity contribution < 1.29 is 23.8 Å². The SMILES string of the molecule is CCCOc1ccc([C@@H]2NC(=O)NC(C)=C2C(=O)OC)cc1OC. The summed E-state index contributed by atoms with van der Waals surface area (Å²) in [7, 11) is 2.85. The largest absolute Gasteiger partial charge is 0.493 e. The van der Waals surface area contributed by atoms with Crippen LogP contribution in [0.3, 0.4) is 0 Å². The third-order valence-corrected chi connectivity index (χ3v) is 3.66. The van der Waals surface area contributed by atoms with Crippen molar-refractivity contribution in [1.82, 2.24) is 10.6 Å². The smallest absolute Gasteiger partial charge is 0.337 e. The highest BCUT2D eigenvalue weighted by Gasteiger charge is 2.32. The third-order valence-electron chi connectivity index (χ3n) is 3.66. The molecule has 1 aliphatic heterocycles. The maximum absolute atomic E-state index is 12.1. The number of carbonyl (C=O) groups is 2. The van der Waals surface area contributed by atoms with Gasteiger partial charge in [-0.2, -0.15) is 0 Å². The summed E-state index contributed by atoms with van der Waals surface area (Å²) in [4.78, 5) is 23.9. The van der Waals surface area contributed by atoms with Gasteiger partial charge in [-0.1, -0.05) is 13.0 Å². The minimum atomic E-state index is -0.625. The van der Waals surface area contributed by atoms with Crippen LogP contribution in [0.4, 0.5) is 4.79 Å². The molecule has 0 radical (unpaired) electrons. The van der Waals surface area contributed by atoms with E-state index < -0.39 is 12.0 Å². The number of rotatable bonds is 6. The van der Waals surface area contributed by atoms with Crippen LogP contribution >= 0.6 is 0 Å². The number of amides is 2. The number of ether oxygens (including phenoxy) is 3. The maximum Gasteiger partial charge on any atom is 0.337 e. The molecule has 2 rings (SSSR count). The van der Waals surface area contributed by atoms with E-state index in [1.165, 1.54) is 7.11 Å². The number of hydrogen-bond donors (Lipinski definition) is 2. The van der Waals surface area contributed by atoms with Crippen LogP contribution in [0.25, 0.3) is 0 Å². The van der Waals surface area contributed by atoms with Gasteiger partial charge in [0, 0.05) is 5.70 Å². The summed E-state index contributed by atoms with van der Waals surface area (Å²) in [6, 6.07) is 4.30. The fourth-order valence-electron chi connectivity index (χ4n) is 2.52. The Hall–Kier alpha value is -2.70. The monoisotopic (exact) mass is 334 g/mol. The molecule has 0 saturated carbocycles. The van der Waals surface area contributed by atoms with Gasteiger partial charge < -0.3 is 24.8 Å². The molecule has 1 heterocycles. The lowest BCUT2D eigenvalue weighted by molar-refractivity contribution is -0.136. The van der Waals surface area contributed by atoms with Gasteiger partial charge in [0.15, 0.2) is 11.5 Å². The second kappa shape index (κ2) is 7.72. The highest BCUT2D eigenvalue weighted by molar-refractivity contribution is 5.94. The Morgan fingerprint density at radius 3 is 2.62 bits per heavy atom. The van der Waals surface area contributed by atoms with Crippen LogP contribution in [-0.4, -0.2) is 32.8 Å². The lowest BCUT2D eigenvalue weighted by atomic mass is 9.95. The van der Waals surface area contributed by atoms with E-state index in [0.717, 1.165) is 6.42 Å².